The molecule has 80 heavy (non-hydrogen) atoms. The molecule has 0 bridgehead atoms. The van der Waals surface area contributed by atoms with E-state index in [1.165, 1.54) is 197 Å². The molecule has 0 N–H and O–H groups in total. The van der Waals surface area contributed by atoms with Crippen LogP contribution in [0.4, 0.5) is 0 Å². The van der Waals surface area contributed by atoms with Gasteiger partial charge in [-0.15, -0.1) is 16.4 Å². The van der Waals surface area contributed by atoms with Gasteiger partial charge in [0.25, 0.3) is 0 Å². The zero-order chi connectivity index (χ0) is 58.5. The summed E-state index contributed by atoms with van der Waals surface area (Å²) in [6, 6.07) is 16.1. The third-order valence-corrected chi connectivity index (χ3v) is 22.2. The van der Waals surface area contributed by atoms with Crippen LogP contribution in [0.1, 0.15) is 23.6 Å². The van der Waals surface area contributed by atoms with Crippen molar-refractivity contribution >= 4 is 323 Å². The number of fused-ring (bicyclic) bond motifs is 8. The van der Waals surface area contributed by atoms with Crippen LogP contribution >= 0.6 is 11.3 Å². The number of thiophene rings is 1. The molecule has 27 heteroatoms. The number of aromatic nitrogens is 2. The summed E-state index contributed by atoms with van der Waals surface area (Å²) < 4.78 is 2.31. The molecule has 2 aliphatic rings. The SMILES string of the molecule is B=C1/C(=C(B)\C(=C(\B)C)c2cccc(-c3ncnc4c3sc3ccc(-c5c(B)c(B)c(-c6c(B)c(B)c(B)c(B)c6B)c(B)c5B)cc34)c2)C(/C(B)=C(/B)C(B)=C)=C(B)C12c1c(B)c(B)c(B)c(B)c1-c1c(B)c(B)c(B)c(B)c12. The molecular formula is C53H60B24N2S. The Bertz CT molecular complexity index is 4260. The van der Waals surface area contributed by atoms with Gasteiger partial charge in [-0.3, -0.25) is 0 Å². The van der Waals surface area contributed by atoms with Crippen molar-refractivity contribution in [3.8, 4) is 44.6 Å². The van der Waals surface area contributed by atoms with Crippen molar-refractivity contribution in [2.24, 2.45) is 0 Å². The monoisotopic (exact) mass is 1020 g/mol. The molecule has 6 aromatic carbocycles. The average molecular weight is 1020 g/mol. The molecule has 360 valence electrons. The molecule has 0 amide bonds. The van der Waals surface area contributed by atoms with E-state index < -0.39 is 5.41 Å². The van der Waals surface area contributed by atoms with Crippen molar-refractivity contribution in [2.45, 2.75) is 12.3 Å². The summed E-state index contributed by atoms with van der Waals surface area (Å²) in [6.45, 7) is 6.79. The summed E-state index contributed by atoms with van der Waals surface area (Å²) >= 11 is 1.80. The van der Waals surface area contributed by atoms with E-state index in [1.807, 2.05) is 0 Å². The third-order valence-electron chi connectivity index (χ3n) is 21.0. The predicted octanol–water partition coefficient (Wildman–Crippen LogP) is -22.9. The summed E-state index contributed by atoms with van der Waals surface area (Å²) in [5, 5.41) is 1.17. The molecule has 2 aromatic heterocycles. The van der Waals surface area contributed by atoms with E-state index in [4.69, 9.17) is 17.5 Å². The molecule has 1 spiro atoms. The molecule has 0 saturated carbocycles. The van der Waals surface area contributed by atoms with Gasteiger partial charge in [-0.2, -0.15) is 0 Å². The second-order valence-electron chi connectivity index (χ2n) is 24.7. The number of hydrogen-bond acceptors (Lipinski definition) is 3. The Labute approximate surface area is 502 Å². The average Bonchev–Trinajstić information content (AvgIpc) is 3.99. The van der Waals surface area contributed by atoms with E-state index in [2.05, 4.69) is 236 Å². The van der Waals surface area contributed by atoms with Gasteiger partial charge in [0.1, 0.15) is 70.6 Å². The van der Waals surface area contributed by atoms with Crippen LogP contribution in [0, 0.1) is 0 Å². The van der Waals surface area contributed by atoms with Crippen LogP contribution in [0.3, 0.4) is 0 Å². The topological polar surface area (TPSA) is 25.8 Å². The number of benzene rings is 6. The van der Waals surface area contributed by atoms with Gasteiger partial charge >= 0.3 is 358 Å². The van der Waals surface area contributed by atoms with Crippen LogP contribution in [0.2, 0.25) is 0 Å². The van der Waals surface area contributed by atoms with Gasteiger partial charge in [0.2, 0.25) is 0 Å². The van der Waals surface area contributed by atoms with E-state index in [0.29, 0.717) is 0 Å². The molecule has 8 aromatic rings. The minimum absolute atomic E-state index is 0.563. The summed E-state index contributed by atoms with van der Waals surface area (Å²) in [4.78, 5) is 10.2. The summed E-state index contributed by atoms with van der Waals surface area (Å²) in [5.74, 6) is 0. The Morgan fingerprint density at radius 2 is 0.988 bits per heavy atom. The zero-order valence-corrected chi connectivity index (χ0v) is 53.7. The van der Waals surface area contributed by atoms with Crippen molar-refractivity contribution in [3.05, 3.63) is 116 Å². The maximum atomic E-state index is 5.37. The van der Waals surface area contributed by atoms with Crippen molar-refractivity contribution in [1.29, 1.82) is 0 Å². The molecule has 2 aliphatic carbocycles. The van der Waals surface area contributed by atoms with Gasteiger partial charge in [-0.25, -0.2) is 0 Å². The molecule has 0 aliphatic heterocycles. The molecule has 0 radical (unpaired) electrons. The fraction of sp³-hybridized carbons (Fsp3) is 0.0377. The maximum absolute atomic E-state index is 5.37. The summed E-state index contributed by atoms with van der Waals surface area (Å²) in [6.07, 6.45) is 1.77. The Hall–Kier alpha value is -5.25. The second kappa shape index (κ2) is 20.6. The number of allylic oxidation sites excluding steroid dienone is 9. The van der Waals surface area contributed by atoms with Crippen LogP contribution < -0.4 is 92.9 Å². The van der Waals surface area contributed by atoms with Gasteiger partial charge < -0.3 is 0 Å². The fourth-order valence-corrected chi connectivity index (χ4v) is 16.2. The van der Waals surface area contributed by atoms with Crippen LogP contribution in [0.5, 0.6) is 0 Å². The van der Waals surface area contributed by atoms with Gasteiger partial charge in [-0.1, -0.05) is 38.8 Å². The zero-order valence-electron chi connectivity index (χ0n) is 52.8. The molecule has 0 unspecified atom stereocenters. The summed E-state index contributed by atoms with van der Waals surface area (Å²) in [5.41, 5.74) is 50.3. The van der Waals surface area contributed by atoms with Crippen LogP contribution in [0.15, 0.2) is 99.4 Å². The standard InChI is InChI=1S/C53H60B24N2S/c1-11(54)18(29(57)24-25(38(66)28(56)12(2)55)52(77)53(51(24)76)26-20(32(60)41(69)45(73)39(26)67)21-27(53)40(68)46(74)42(70)33(21)61)13-4-3-5-15(8-13)48-50-49(79-10-78-48)16-9-14(6-7-17(16)80-50)19-30(58)34(62)22(35(63)31(19)59)23-36(64)43(71)47(75)44(72)37(23)65/h3-10,76H,2,54-75,77H2,1H3/b18-11+,29-24+,38-28-. The van der Waals surface area contributed by atoms with Crippen molar-refractivity contribution < 1.29 is 0 Å². The first kappa shape index (κ1) is 58.0. The minimum atomic E-state index is -0.563. The first-order valence-corrected chi connectivity index (χ1v) is 29.7. The predicted molar refractivity (Wildman–Crippen MR) is 429 cm³/mol. The molecule has 0 fully saturated rings. The van der Waals surface area contributed by atoms with E-state index in [1.54, 1.807) is 17.7 Å². The number of hydrogen-bond donors (Lipinski definition) is 0. The quantitative estimate of drug-likeness (QED) is 0.117. The molecule has 10 rings (SSSR count). The molecule has 0 saturated heterocycles. The molecule has 0 atom stereocenters. The first-order chi connectivity index (χ1) is 37.6. The van der Waals surface area contributed by atoms with Crippen molar-refractivity contribution in [1.82, 2.24) is 9.97 Å². The Morgan fingerprint density at radius 3 is 1.49 bits per heavy atom. The molecular weight excluding hydrogens is 956 g/mol. The number of nitrogens with zero attached hydrogens (tertiary/aromatic N) is 2. The van der Waals surface area contributed by atoms with E-state index in [9.17, 15) is 0 Å². The van der Waals surface area contributed by atoms with Crippen molar-refractivity contribution in [3.63, 3.8) is 0 Å². The van der Waals surface area contributed by atoms with Gasteiger partial charge in [0.15, 0.2) is 0 Å². The van der Waals surface area contributed by atoms with E-state index in [0.717, 1.165) is 32.5 Å². The van der Waals surface area contributed by atoms with Gasteiger partial charge in [-0.05, 0) is 22.3 Å². The van der Waals surface area contributed by atoms with E-state index in [-0.39, 0.29) is 0 Å². The fourth-order valence-electron chi connectivity index (χ4n) is 15.1. The van der Waals surface area contributed by atoms with Gasteiger partial charge in [0, 0.05) is 0 Å². The Morgan fingerprint density at radius 1 is 0.525 bits per heavy atom. The molecule has 2 nitrogen and oxygen atoms in total. The second-order valence-corrected chi connectivity index (χ2v) is 25.7. The van der Waals surface area contributed by atoms with Gasteiger partial charge in [0.05, 0.1) is 0 Å². The number of rotatable bonds is 7. The Kier molecular flexibility index (Phi) is 14.9. The molecule has 2 heterocycles. The first-order valence-electron chi connectivity index (χ1n) is 28.9. The van der Waals surface area contributed by atoms with Crippen LogP contribution in [0.25, 0.3) is 70.5 Å². The van der Waals surface area contributed by atoms with Crippen LogP contribution in [-0.2, 0) is 5.41 Å². The summed E-state index contributed by atoms with van der Waals surface area (Å²) in [7, 11) is 58.7. The normalized spacial score (nSPS) is 14.9. The third kappa shape index (κ3) is 8.05. The van der Waals surface area contributed by atoms with Crippen molar-refractivity contribution in [2.75, 3.05) is 0 Å². The Balaban J connectivity index is 1.15. The van der Waals surface area contributed by atoms with E-state index >= 15 is 0 Å². The van der Waals surface area contributed by atoms with Crippen LogP contribution in [-0.4, -0.2) is 203 Å².